The molecule has 0 aliphatic rings. The van der Waals surface area contributed by atoms with Crippen molar-refractivity contribution in [3.8, 4) is 0 Å². The molecule has 0 spiro atoms. The Balaban J connectivity index is 3.25. The molecule has 1 rings (SSSR count). The number of benzene rings is 1. The molecular weight excluding hydrogens is 135 g/mol. The van der Waals surface area contributed by atoms with Crippen LogP contribution in [0.2, 0.25) is 0 Å². The van der Waals surface area contributed by atoms with Gasteiger partial charge in [-0.15, -0.1) is 0 Å². The summed E-state index contributed by atoms with van der Waals surface area (Å²) in [6, 6.07) is 4.23. The molecule has 0 aromatic heterocycles. The lowest BCUT2D eigenvalue weighted by Crippen LogP contribution is -2.13. The fourth-order valence-electron chi connectivity index (χ4n) is 1.41. The number of hydrogen-bond donors (Lipinski definition) is 2. The van der Waals surface area contributed by atoms with Gasteiger partial charge in [-0.25, -0.2) is 0 Å². The van der Waals surface area contributed by atoms with Gasteiger partial charge in [0, 0.05) is 0 Å². The molecule has 0 atom stereocenters. The van der Waals surface area contributed by atoms with Crippen LogP contribution in [0.5, 0.6) is 0 Å². The summed E-state index contributed by atoms with van der Waals surface area (Å²) < 4.78 is 0. The fourth-order valence-corrected chi connectivity index (χ4v) is 1.41. The zero-order chi connectivity index (χ0) is 8.43. The number of anilines is 1. The van der Waals surface area contributed by atoms with Crippen LogP contribution in [0.1, 0.15) is 11.1 Å². The summed E-state index contributed by atoms with van der Waals surface area (Å²) in [6.07, 6.45) is 0. The van der Waals surface area contributed by atoms with E-state index in [0.717, 1.165) is 5.69 Å². The lowest BCUT2D eigenvalue weighted by Gasteiger charge is -2.09. The van der Waals surface area contributed by atoms with E-state index in [2.05, 4.69) is 39.3 Å². The number of aryl methyl sites for hydroxylation is 2. The highest BCUT2D eigenvalue weighted by molar-refractivity contribution is 6.32. The summed E-state index contributed by atoms with van der Waals surface area (Å²) in [5.74, 6) is 5.35. The van der Waals surface area contributed by atoms with Crippen molar-refractivity contribution < 1.29 is 0 Å². The molecule has 0 saturated heterocycles. The maximum Gasteiger partial charge on any atom is 0.139 e. The number of nitrogens with one attached hydrogen (secondary N) is 1. The fraction of sp³-hybridized carbons (Fsp3) is 0.250. The standard InChI is InChI=1S/C8H13BN2/c1-5-3-7(9)4-6(2)8(5)11-10/h3-4,11H,9-10H2,1-2H3. The van der Waals surface area contributed by atoms with Crippen molar-refractivity contribution in [1.29, 1.82) is 0 Å². The van der Waals surface area contributed by atoms with Crippen LogP contribution in [0.15, 0.2) is 12.1 Å². The lowest BCUT2D eigenvalue weighted by atomic mass is 9.91. The Morgan fingerprint density at radius 3 is 2.09 bits per heavy atom. The van der Waals surface area contributed by atoms with Gasteiger partial charge in [0.25, 0.3) is 0 Å². The summed E-state index contributed by atoms with van der Waals surface area (Å²) in [4.78, 5) is 0. The number of hydrogen-bond acceptors (Lipinski definition) is 2. The van der Waals surface area contributed by atoms with E-state index >= 15 is 0 Å². The van der Waals surface area contributed by atoms with Gasteiger partial charge >= 0.3 is 0 Å². The molecule has 3 N–H and O–H groups in total. The Bertz CT molecular complexity index is 248. The zero-order valence-electron chi connectivity index (χ0n) is 7.23. The van der Waals surface area contributed by atoms with E-state index in [1.54, 1.807) is 0 Å². The molecule has 58 valence electrons. The Labute approximate surface area is 68.2 Å². The largest absolute Gasteiger partial charge is 0.324 e. The van der Waals surface area contributed by atoms with Gasteiger partial charge in [0.15, 0.2) is 0 Å². The van der Waals surface area contributed by atoms with Crippen molar-refractivity contribution >= 4 is 19.0 Å². The van der Waals surface area contributed by atoms with Crippen molar-refractivity contribution in [3.05, 3.63) is 23.3 Å². The number of hydrazine groups is 1. The molecule has 0 amide bonds. The highest BCUT2D eigenvalue weighted by Crippen LogP contribution is 2.15. The van der Waals surface area contributed by atoms with E-state index in [0.29, 0.717) is 0 Å². The monoisotopic (exact) mass is 148 g/mol. The van der Waals surface area contributed by atoms with Crippen molar-refractivity contribution in [1.82, 2.24) is 0 Å². The lowest BCUT2D eigenvalue weighted by molar-refractivity contribution is 1.28. The maximum absolute atomic E-state index is 5.35. The first-order valence-electron chi connectivity index (χ1n) is 3.69. The molecule has 0 radical (unpaired) electrons. The second-order valence-corrected chi connectivity index (χ2v) is 2.92. The Kier molecular flexibility index (Phi) is 2.20. The van der Waals surface area contributed by atoms with Gasteiger partial charge in [-0.3, -0.25) is 5.84 Å². The van der Waals surface area contributed by atoms with Gasteiger partial charge in [-0.1, -0.05) is 17.6 Å². The van der Waals surface area contributed by atoms with Crippen molar-refractivity contribution in [3.63, 3.8) is 0 Å². The molecule has 0 unspecified atom stereocenters. The number of rotatable bonds is 1. The Morgan fingerprint density at radius 1 is 1.27 bits per heavy atom. The summed E-state index contributed by atoms with van der Waals surface area (Å²) in [5.41, 5.74) is 7.40. The van der Waals surface area contributed by atoms with Gasteiger partial charge in [0.1, 0.15) is 7.85 Å². The first-order valence-corrected chi connectivity index (χ1v) is 3.69. The third kappa shape index (κ3) is 1.55. The summed E-state index contributed by atoms with van der Waals surface area (Å²) in [5, 5.41) is 0. The van der Waals surface area contributed by atoms with Gasteiger partial charge < -0.3 is 5.43 Å². The molecule has 0 heterocycles. The molecule has 0 fully saturated rings. The molecule has 0 saturated carbocycles. The van der Waals surface area contributed by atoms with Gasteiger partial charge in [-0.2, -0.15) is 0 Å². The van der Waals surface area contributed by atoms with Crippen LogP contribution in [0, 0.1) is 13.8 Å². The summed E-state index contributed by atoms with van der Waals surface area (Å²) >= 11 is 0. The summed E-state index contributed by atoms with van der Waals surface area (Å²) in [6.45, 7) is 4.10. The number of nitrogen functional groups attached to an aromatic ring is 1. The van der Waals surface area contributed by atoms with Crippen molar-refractivity contribution in [2.24, 2.45) is 5.84 Å². The molecule has 3 heteroatoms. The molecule has 1 aromatic rings. The second kappa shape index (κ2) is 2.97. The highest BCUT2D eigenvalue weighted by Gasteiger charge is 1.99. The Hall–Kier alpha value is -0.955. The molecule has 0 bridgehead atoms. The average molecular weight is 148 g/mol. The highest BCUT2D eigenvalue weighted by atomic mass is 15.2. The molecule has 1 aromatic carbocycles. The van der Waals surface area contributed by atoms with E-state index < -0.39 is 0 Å². The summed E-state index contributed by atoms with van der Waals surface area (Å²) in [7, 11) is 2.08. The van der Waals surface area contributed by atoms with Crippen LogP contribution in [-0.2, 0) is 0 Å². The molecule has 0 aliphatic carbocycles. The third-order valence-electron chi connectivity index (χ3n) is 1.82. The predicted octanol–water partition coefficient (Wildman–Crippen LogP) is -0.153. The van der Waals surface area contributed by atoms with Crippen LogP contribution in [-0.4, -0.2) is 7.85 Å². The maximum atomic E-state index is 5.35. The molecule has 11 heavy (non-hydrogen) atoms. The first-order chi connectivity index (χ1) is 5.15. The minimum atomic E-state index is 1.04. The van der Waals surface area contributed by atoms with Gasteiger partial charge in [-0.05, 0) is 25.0 Å². The van der Waals surface area contributed by atoms with E-state index in [-0.39, 0.29) is 0 Å². The van der Waals surface area contributed by atoms with Crippen LogP contribution in [0.3, 0.4) is 0 Å². The van der Waals surface area contributed by atoms with Crippen molar-refractivity contribution in [2.45, 2.75) is 13.8 Å². The first kappa shape index (κ1) is 8.14. The van der Waals surface area contributed by atoms with Gasteiger partial charge in [0.2, 0.25) is 0 Å². The van der Waals surface area contributed by atoms with Crippen LogP contribution in [0.25, 0.3) is 0 Å². The molecular formula is C8H13BN2. The second-order valence-electron chi connectivity index (χ2n) is 2.92. The normalized spacial score (nSPS) is 9.73. The molecule has 2 nitrogen and oxygen atoms in total. The van der Waals surface area contributed by atoms with Crippen molar-refractivity contribution in [2.75, 3.05) is 5.43 Å². The van der Waals surface area contributed by atoms with E-state index in [9.17, 15) is 0 Å². The van der Waals surface area contributed by atoms with E-state index in [1.165, 1.54) is 16.6 Å². The minimum Gasteiger partial charge on any atom is -0.324 e. The SMILES string of the molecule is Bc1cc(C)c(NN)c(C)c1. The zero-order valence-corrected chi connectivity index (χ0v) is 7.23. The van der Waals surface area contributed by atoms with Crippen LogP contribution < -0.4 is 16.7 Å². The average Bonchev–Trinajstić information content (AvgIpc) is 1.85. The Morgan fingerprint density at radius 2 is 1.73 bits per heavy atom. The predicted molar refractivity (Wildman–Crippen MR) is 51.9 cm³/mol. The van der Waals surface area contributed by atoms with Crippen LogP contribution in [0.4, 0.5) is 5.69 Å². The quantitative estimate of drug-likeness (QED) is 0.330. The van der Waals surface area contributed by atoms with Gasteiger partial charge in [0.05, 0.1) is 5.69 Å². The molecule has 0 aliphatic heterocycles. The smallest absolute Gasteiger partial charge is 0.139 e. The number of nitrogens with two attached hydrogens (primary N) is 1. The topological polar surface area (TPSA) is 38.0 Å². The van der Waals surface area contributed by atoms with E-state index in [1.807, 2.05) is 0 Å². The minimum absolute atomic E-state index is 1.04. The van der Waals surface area contributed by atoms with Crippen LogP contribution >= 0.6 is 0 Å². The van der Waals surface area contributed by atoms with E-state index in [4.69, 9.17) is 5.84 Å². The third-order valence-corrected chi connectivity index (χ3v) is 1.82.